The number of aromatic nitrogens is 2. The van der Waals surface area contributed by atoms with Crippen molar-refractivity contribution in [2.24, 2.45) is 7.05 Å². The number of nitrogens with one attached hydrogen (secondary N) is 1. The Balaban J connectivity index is 2.02. The lowest BCUT2D eigenvalue weighted by Crippen LogP contribution is -2.32. The van der Waals surface area contributed by atoms with E-state index in [9.17, 15) is 35.2 Å². The van der Waals surface area contributed by atoms with Crippen molar-refractivity contribution in [1.82, 2.24) is 14.3 Å². The Morgan fingerprint density at radius 3 is 2.28 bits per heavy atom. The summed E-state index contributed by atoms with van der Waals surface area (Å²) < 4.78 is 96.4. The molecule has 0 aliphatic rings. The Bertz CT molecular complexity index is 1290. The summed E-state index contributed by atoms with van der Waals surface area (Å²) in [6.07, 6.45) is -4.01. The molecule has 3 aromatic rings. The van der Waals surface area contributed by atoms with Gasteiger partial charge >= 0.3 is 6.18 Å². The van der Waals surface area contributed by atoms with Gasteiger partial charge in [-0.3, -0.25) is 4.79 Å². The standard InChI is InChI=1S/C18H11F5IN3O3S2/c1-27-8-12(25-16(27)14-10(19)5-3-6-11(14)20)17(28)26-32(29,30)15-9(18(21,22)23)4-2-7-13(15)31-24/h2-8H,1H3,(H,26,28). The molecule has 0 atom stereocenters. The molecule has 0 spiro atoms. The first-order valence-electron chi connectivity index (χ1n) is 8.40. The zero-order chi connectivity index (χ0) is 23.8. The van der Waals surface area contributed by atoms with Crippen LogP contribution in [0.2, 0.25) is 0 Å². The van der Waals surface area contributed by atoms with Gasteiger partial charge in [0.15, 0.2) is 0 Å². The lowest BCUT2D eigenvalue weighted by Gasteiger charge is -2.16. The number of carbonyl (C=O) groups is 1. The van der Waals surface area contributed by atoms with E-state index >= 15 is 0 Å². The van der Waals surface area contributed by atoms with Crippen molar-refractivity contribution in [2.75, 3.05) is 0 Å². The van der Waals surface area contributed by atoms with E-state index in [1.54, 1.807) is 25.9 Å². The van der Waals surface area contributed by atoms with Gasteiger partial charge in [-0.1, -0.05) is 21.1 Å². The molecular formula is C18H11F5IN3O3S2. The molecule has 0 bridgehead atoms. The van der Waals surface area contributed by atoms with E-state index in [0.29, 0.717) is 6.07 Å². The van der Waals surface area contributed by atoms with Crippen LogP contribution >= 0.6 is 30.1 Å². The zero-order valence-electron chi connectivity index (χ0n) is 15.7. The van der Waals surface area contributed by atoms with Gasteiger partial charge in [0.1, 0.15) is 28.0 Å². The average molecular weight is 603 g/mol. The maximum Gasteiger partial charge on any atom is 0.417 e. The van der Waals surface area contributed by atoms with E-state index in [2.05, 4.69) is 4.98 Å². The predicted octanol–water partition coefficient (Wildman–Crippen LogP) is 4.94. The predicted molar refractivity (Wildman–Crippen MR) is 115 cm³/mol. The largest absolute Gasteiger partial charge is 0.417 e. The van der Waals surface area contributed by atoms with Crippen molar-refractivity contribution in [3.8, 4) is 11.4 Å². The van der Waals surface area contributed by atoms with Crippen LogP contribution in [-0.4, -0.2) is 23.9 Å². The molecule has 1 N–H and O–H groups in total. The minimum Gasteiger partial charge on any atom is -0.333 e. The Hall–Kier alpha value is -2.20. The highest BCUT2D eigenvalue weighted by Crippen LogP contribution is 2.40. The molecule has 0 aliphatic heterocycles. The number of aryl methyl sites for hydroxylation is 1. The number of hydrogen-bond donors (Lipinski definition) is 1. The van der Waals surface area contributed by atoms with Crippen molar-refractivity contribution in [3.63, 3.8) is 0 Å². The lowest BCUT2D eigenvalue weighted by atomic mass is 10.2. The van der Waals surface area contributed by atoms with E-state index in [1.165, 1.54) is 7.05 Å². The Morgan fingerprint density at radius 1 is 1.12 bits per heavy atom. The molecule has 14 heteroatoms. The first-order valence-corrected chi connectivity index (χ1v) is 13.2. The van der Waals surface area contributed by atoms with Crippen LogP contribution in [0.1, 0.15) is 16.1 Å². The molecule has 0 saturated heterocycles. The number of halogens is 6. The molecule has 1 amide bonds. The fourth-order valence-electron chi connectivity index (χ4n) is 2.82. The number of amides is 1. The van der Waals surface area contributed by atoms with Gasteiger partial charge in [0.2, 0.25) is 0 Å². The minimum atomic E-state index is -5.00. The molecule has 0 saturated carbocycles. The van der Waals surface area contributed by atoms with Gasteiger partial charge < -0.3 is 4.57 Å². The summed E-state index contributed by atoms with van der Waals surface area (Å²) >= 11 is 1.61. The second kappa shape index (κ2) is 8.97. The van der Waals surface area contributed by atoms with Gasteiger partial charge in [0.05, 0.1) is 11.1 Å². The van der Waals surface area contributed by atoms with Crippen LogP contribution in [0.5, 0.6) is 0 Å². The van der Waals surface area contributed by atoms with Crippen molar-refractivity contribution < 1.29 is 35.2 Å². The molecule has 0 fully saturated rings. The van der Waals surface area contributed by atoms with E-state index in [-0.39, 0.29) is 10.7 Å². The number of rotatable bonds is 5. The lowest BCUT2D eigenvalue weighted by molar-refractivity contribution is -0.140. The first kappa shape index (κ1) is 24.4. The van der Waals surface area contributed by atoms with Crippen LogP contribution in [0, 0.1) is 11.6 Å². The third kappa shape index (κ3) is 4.76. The number of nitrogens with zero attached hydrogens (tertiary/aromatic N) is 2. The second-order valence-electron chi connectivity index (χ2n) is 6.30. The number of imidazole rings is 1. The zero-order valence-corrected chi connectivity index (χ0v) is 19.5. The molecule has 0 unspecified atom stereocenters. The maximum atomic E-state index is 14.1. The summed E-state index contributed by atoms with van der Waals surface area (Å²) in [6.45, 7) is 0. The highest BCUT2D eigenvalue weighted by molar-refractivity contribution is 14.2. The molecular weight excluding hydrogens is 592 g/mol. The average Bonchev–Trinajstić information content (AvgIpc) is 3.08. The van der Waals surface area contributed by atoms with Gasteiger partial charge in [-0.2, -0.15) is 13.2 Å². The topological polar surface area (TPSA) is 81.1 Å². The number of alkyl halides is 3. The number of hydrogen-bond acceptors (Lipinski definition) is 5. The van der Waals surface area contributed by atoms with Crippen LogP contribution in [0.3, 0.4) is 0 Å². The quantitative estimate of drug-likeness (QED) is 0.330. The summed E-state index contributed by atoms with van der Waals surface area (Å²) in [6, 6.07) is 5.83. The minimum absolute atomic E-state index is 0.240. The Kier molecular flexibility index (Phi) is 6.86. The first-order chi connectivity index (χ1) is 14.9. The molecule has 0 aliphatic carbocycles. The van der Waals surface area contributed by atoms with Crippen LogP contribution in [-0.2, 0) is 23.2 Å². The van der Waals surface area contributed by atoms with Gasteiger partial charge in [0, 0.05) is 39.3 Å². The molecule has 0 radical (unpaired) electrons. The second-order valence-corrected chi connectivity index (χ2v) is 9.83. The summed E-state index contributed by atoms with van der Waals surface area (Å²) in [4.78, 5) is 14.9. The normalized spacial score (nSPS) is 12.1. The number of benzene rings is 2. The third-order valence-corrected chi connectivity index (χ3v) is 7.65. The fraction of sp³-hybridized carbons (Fsp3) is 0.111. The van der Waals surface area contributed by atoms with Crippen LogP contribution in [0.25, 0.3) is 11.4 Å². The number of sulfonamides is 1. The third-order valence-electron chi connectivity index (χ3n) is 4.16. The molecule has 1 aromatic heterocycles. The summed E-state index contributed by atoms with van der Waals surface area (Å²) in [5.41, 5.74) is -2.57. The molecule has 32 heavy (non-hydrogen) atoms. The summed E-state index contributed by atoms with van der Waals surface area (Å²) in [7, 11) is -2.96. The number of carbonyl (C=O) groups excluding carboxylic acids is 1. The molecule has 6 nitrogen and oxygen atoms in total. The van der Waals surface area contributed by atoms with Crippen LogP contribution in [0.4, 0.5) is 22.0 Å². The SMILES string of the molecule is Cn1cc(C(=O)NS(=O)(=O)c2c(SI)cccc2C(F)(F)F)nc1-c1c(F)cccc1F. The van der Waals surface area contributed by atoms with Crippen LogP contribution in [0.15, 0.2) is 52.4 Å². The van der Waals surface area contributed by atoms with Crippen molar-refractivity contribution >= 4 is 46.1 Å². The van der Waals surface area contributed by atoms with E-state index in [0.717, 1.165) is 50.0 Å². The highest BCUT2D eigenvalue weighted by atomic mass is 127. The maximum absolute atomic E-state index is 14.1. The van der Waals surface area contributed by atoms with Crippen molar-refractivity contribution in [1.29, 1.82) is 0 Å². The molecule has 1 heterocycles. The monoisotopic (exact) mass is 603 g/mol. The van der Waals surface area contributed by atoms with Gasteiger partial charge in [-0.25, -0.2) is 26.9 Å². The van der Waals surface area contributed by atoms with E-state index in [1.807, 2.05) is 0 Å². The Morgan fingerprint density at radius 2 is 1.72 bits per heavy atom. The Labute approximate surface area is 194 Å². The summed E-state index contributed by atoms with van der Waals surface area (Å²) in [5.74, 6) is -3.63. The summed E-state index contributed by atoms with van der Waals surface area (Å²) in [5, 5.41) is 0. The van der Waals surface area contributed by atoms with Crippen molar-refractivity contribution in [2.45, 2.75) is 16.0 Å². The smallest absolute Gasteiger partial charge is 0.333 e. The highest BCUT2D eigenvalue weighted by Gasteiger charge is 2.39. The van der Waals surface area contributed by atoms with E-state index in [4.69, 9.17) is 0 Å². The molecule has 170 valence electrons. The van der Waals surface area contributed by atoms with Gasteiger partial charge in [0.25, 0.3) is 15.9 Å². The van der Waals surface area contributed by atoms with Crippen molar-refractivity contribution in [3.05, 3.63) is 65.5 Å². The molecule has 3 rings (SSSR count). The van der Waals surface area contributed by atoms with Crippen LogP contribution < -0.4 is 4.72 Å². The fourth-order valence-corrected chi connectivity index (χ4v) is 6.39. The van der Waals surface area contributed by atoms with Gasteiger partial charge in [-0.05, 0) is 24.3 Å². The van der Waals surface area contributed by atoms with E-state index < -0.39 is 55.5 Å². The molecule has 2 aromatic carbocycles. The van der Waals surface area contributed by atoms with Gasteiger partial charge in [-0.15, -0.1) is 0 Å².